The first kappa shape index (κ1) is 8.91. The molecule has 3 rings (SSSR count). The Morgan fingerprint density at radius 1 is 1.31 bits per heavy atom. The van der Waals surface area contributed by atoms with Crippen LogP contribution >= 0.6 is 0 Å². The maximum atomic E-state index is 10.8. The maximum Gasteiger partial charge on any atom is 0.168 e. The lowest BCUT2D eigenvalue weighted by Gasteiger charge is -2.00. The van der Waals surface area contributed by atoms with E-state index >= 15 is 0 Å². The predicted octanol–water partition coefficient (Wildman–Crippen LogP) is 2.14. The van der Waals surface area contributed by atoms with E-state index in [-0.39, 0.29) is 0 Å². The third-order valence-corrected chi connectivity index (χ3v) is 2.56. The van der Waals surface area contributed by atoms with Crippen molar-refractivity contribution in [1.29, 1.82) is 0 Å². The van der Waals surface area contributed by atoms with Gasteiger partial charge in [0.25, 0.3) is 0 Å². The van der Waals surface area contributed by atoms with Gasteiger partial charge in [0.05, 0.1) is 6.20 Å². The summed E-state index contributed by atoms with van der Waals surface area (Å²) in [6, 6.07) is 7.79. The Labute approximate surface area is 91.6 Å². The van der Waals surface area contributed by atoms with Gasteiger partial charge in [0.1, 0.15) is 11.3 Å². The lowest BCUT2D eigenvalue weighted by Crippen LogP contribution is -1.91. The van der Waals surface area contributed by atoms with Gasteiger partial charge in [-0.1, -0.05) is 0 Å². The van der Waals surface area contributed by atoms with Gasteiger partial charge in [-0.3, -0.25) is 9.20 Å². The molecule has 0 aliphatic rings. The molecule has 0 spiro atoms. The van der Waals surface area contributed by atoms with Crippen LogP contribution in [0.1, 0.15) is 10.5 Å². The second kappa shape index (κ2) is 3.34. The summed E-state index contributed by atoms with van der Waals surface area (Å²) in [4.78, 5) is 18.1. The highest BCUT2D eigenvalue weighted by molar-refractivity contribution is 5.74. The lowest BCUT2D eigenvalue weighted by atomic mass is 10.2. The molecule has 0 radical (unpaired) electrons. The minimum absolute atomic E-state index is 0.559. The minimum atomic E-state index is 0.559. The van der Waals surface area contributed by atoms with Crippen LogP contribution in [-0.4, -0.2) is 20.7 Å². The predicted molar refractivity (Wildman–Crippen MR) is 60.4 cm³/mol. The smallest absolute Gasteiger partial charge is 0.168 e. The number of imidazole rings is 1. The van der Waals surface area contributed by atoms with Gasteiger partial charge in [-0.2, -0.15) is 0 Å². The van der Waals surface area contributed by atoms with Crippen molar-refractivity contribution in [3.63, 3.8) is 0 Å². The number of nitrogens with one attached hydrogen (secondary N) is 1. The minimum Gasteiger partial charge on any atom is -0.361 e. The molecule has 0 aliphatic heterocycles. The van der Waals surface area contributed by atoms with Crippen LogP contribution in [-0.2, 0) is 0 Å². The van der Waals surface area contributed by atoms with E-state index in [1.165, 1.54) is 0 Å². The normalized spacial score (nSPS) is 10.8. The zero-order valence-electron chi connectivity index (χ0n) is 8.42. The largest absolute Gasteiger partial charge is 0.361 e. The number of nitrogens with zero attached hydrogens (tertiary/aromatic N) is 2. The molecule has 4 nitrogen and oxygen atoms in total. The Kier molecular flexibility index (Phi) is 1.86. The zero-order valence-corrected chi connectivity index (χ0v) is 8.42. The molecule has 0 fully saturated rings. The van der Waals surface area contributed by atoms with Crippen LogP contribution in [0.5, 0.6) is 0 Å². The Balaban J connectivity index is 2.25. The number of aldehydes is 1. The number of H-pyrrole nitrogens is 1. The first-order chi connectivity index (χ1) is 7.88. The number of carbonyl (C=O) groups is 1. The van der Waals surface area contributed by atoms with Crippen molar-refractivity contribution >= 4 is 11.9 Å². The first-order valence-electron chi connectivity index (χ1n) is 4.94. The van der Waals surface area contributed by atoms with Crippen LogP contribution in [0.25, 0.3) is 16.9 Å². The van der Waals surface area contributed by atoms with Crippen molar-refractivity contribution in [2.45, 2.75) is 0 Å². The van der Waals surface area contributed by atoms with Crippen molar-refractivity contribution in [2.75, 3.05) is 0 Å². The Hall–Kier alpha value is -2.36. The molecule has 0 bridgehead atoms. The van der Waals surface area contributed by atoms with Crippen LogP contribution in [0.4, 0.5) is 0 Å². The monoisotopic (exact) mass is 211 g/mol. The van der Waals surface area contributed by atoms with Crippen molar-refractivity contribution < 1.29 is 4.79 Å². The summed E-state index contributed by atoms with van der Waals surface area (Å²) in [7, 11) is 0. The molecule has 3 aromatic rings. The summed E-state index contributed by atoms with van der Waals surface area (Å²) in [6.45, 7) is 0. The Morgan fingerprint density at radius 3 is 3.00 bits per heavy atom. The van der Waals surface area contributed by atoms with Crippen molar-refractivity contribution in [1.82, 2.24) is 14.4 Å². The van der Waals surface area contributed by atoms with E-state index in [4.69, 9.17) is 0 Å². The molecule has 0 atom stereocenters. The number of carbonyl (C=O) groups excluding carboxylic acids is 1. The van der Waals surface area contributed by atoms with Crippen LogP contribution in [0.15, 0.2) is 42.9 Å². The van der Waals surface area contributed by atoms with Gasteiger partial charge in [0.15, 0.2) is 6.29 Å². The van der Waals surface area contributed by atoms with Crippen molar-refractivity contribution in [2.24, 2.45) is 0 Å². The molecule has 0 saturated heterocycles. The molecule has 0 amide bonds. The number of fused-ring (bicyclic) bond motifs is 1. The average Bonchev–Trinajstić information content (AvgIpc) is 2.97. The number of hydrogen-bond acceptors (Lipinski definition) is 2. The van der Waals surface area contributed by atoms with Crippen LogP contribution in [0, 0.1) is 0 Å². The second-order valence-corrected chi connectivity index (χ2v) is 3.53. The van der Waals surface area contributed by atoms with Crippen molar-refractivity contribution in [3.05, 3.63) is 48.5 Å². The Morgan fingerprint density at radius 2 is 2.25 bits per heavy atom. The molecule has 1 N–H and O–H groups in total. The van der Waals surface area contributed by atoms with Gasteiger partial charge in [-0.05, 0) is 24.3 Å². The number of aromatic nitrogens is 3. The summed E-state index contributed by atoms with van der Waals surface area (Å²) in [6.07, 6.45) is 6.14. The SMILES string of the molecule is O=Cc1cnc2ccc(-c3ccc[nH]3)cn12. The molecule has 16 heavy (non-hydrogen) atoms. The fraction of sp³-hybridized carbons (Fsp3) is 0. The highest BCUT2D eigenvalue weighted by Gasteiger charge is 2.04. The van der Waals surface area contributed by atoms with Gasteiger partial charge in [0, 0.05) is 23.7 Å². The fourth-order valence-corrected chi connectivity index (χ4v) is 1.76. The van der Waals surface area contributed by atoms with E-state index in [1.807, 2.05) is 36.7 Å². The molecule has 3 heterocycles. The third-order valence-electron chi connectivity index (χ3n) is 2.56. The average molecular weight is 211 g/mol. The van der Waals surface area contributed by atoms with E-state index in [0.717, 1.165) is 23.2 Å². The maximum absolute atomic E-state index is 10.8. The molecule has 4 heteroatoms. The quantitative estimate of drug-likeness (QED) is 0.660. The van der Waals surface area contributed by atoms with Gasteiger partial charge in [0.2, 0.25) is 0 Å². The van der Waals surface area contributed by atoms with E-state index in [0.29, 0.717) is 5.69 Å². The van der Waals surface area contributed by atoms with E-state index in [2.05, 4.69) is 9.97 Å². The van der Waals surface area contributed by atoms with Gasteiger partial charge in [-0.15, -0.1) is 0 Å². The van der Waals surface area contributed by atoms with Gasteiger partial charge in [-0.25, -0.2) is 4.98 Å². The number of pyridine rings is 1. The van der Waals surface area contributed by atoms with Crippen LogP contribution < -0.4 is 0 Å². The molecule has 0 aromatic carbocycles. The standard InChI is InChI=1S/C12H9N3O/c16-8-10-6-14-12-4-3-9(7-15(10)12)11-2-1-5-13-11/h1-8,13H. The number of aromatic amines is 1. The summed E-state index contributed by atoms with van der Waals surface area (Å²) in [5.74, 6) is 0. The summed E-state index contributed by atoms with van der Waals surface area (Å²) in [5, 5.41) is 0. The number of rotatable bonds is 2. The Bertz CT molecular complexity index is 637. The molecule has 3 aromatic heterocycles. The molecule has 0 unspecified atom stereocenters. The van der Waals surface area contributed by atoms with E-state index in [1.54, 1.807) is 10.6 Å². The summed E-state index contributed by atoms with van der Waals surface area (Å²) >= 11 is 0. The fourth-order valence-electron chi connectivity index (χ4n) is 1.76. The topological polar surface area (TPSA) is 50.2 Å². The van der Waals surface area contributed by atoms with Crippen LogP contribution in [0.3, 0.4) is 0 Å². The molecular weight excluding hydrogens is 202 g/mol. The first-order valence-corrected chi connectivity index (χ1v) is 4.94. The highest BCUT2D eigenvalue weighted by atomic mass is 16.1. The molecule has 0 aliphatic carbocycles. The second-order valence-electron chi connectivity index (χ2n) is 3.53. The summed E-state index contributed by atoms with van der Waals surface area (Å²) in [5.41, 5.74) is 3.38. The molecule has 0 saturated carbocycles. The van der Waals surface area contributed by atoms with Gasteiger partial charge >= 0.3 is 0 Å². The molecular formula is C12H9N3O. The van der Waals surface area contributed by atoms with Crippen molar-refractivity contribution in [3.8, 4) is 11.3 Å². The third kappa shape index (κ3) is 1.24. The molecule has 78 valence electrons. The summed E-state index contributed by atoms with van der Waals surface area (Å²) < 4.78 is 1.78. The highest BCUT2D eigenvalue weighted by Crippen LogP contribution is 2.18. The van der Waals surface area contributed by atoms with E-state index < -0.39 is 0 Å². The van der Waals surface area contributed by atoms with Gasteiger partial charge < -0.3 is 4.98 Å². The zero-order chi connectivity index (χ0) is 11.0. The van der Waals surface area contributed by atoms with Crippen LogP contribution in [0.2, 0.25) is 0 Å². The van der Waals surface area contributed by atoms with E-state index in [9.17, 15) is 4.79 Å². The number of hydrogen-bond donors (Lipinski definition) is 1. The lowest BCUT2D eigenvalue weighted by molar-refractivity contribution is 0.111.